The molecule has 33 heavy (non-hydrogen) atoms. The van der Waals surface area contributed by atoms with Crippen molar-refractivity contribution < 1.29 is 9.53 Å². The van der Waals surface area contributed by atoms with E-state index in [1.165, 1.54) is 5.56 Å². The van der Waals surface area contributed by atoms with Gasteiger partial charge in [-0.2, -0.15) is 0 Å². The summed E-state index contributed by atoms with van der Waals surface area (Å²) in [7, 11) is 0. The Balaban J connectivity index is 1.75. The van der Waals surface area contributed by atoms with Gasteiger partial charge in [-0.1, -0.05) is 48.9 Å². The van der Waals surface area contributed by atoms with Crippen molar-refractivity contribution in [2.45, 2.75) is 58.5 Å². The molecule has 6 heteroatoms. The van der Waals surface area contributed by atoms with Gasteiger partial charge in [0.05, 0.1) is 17.4 Å². The fraction of sp³-hybridized carbons (Fsp3) is 0.333. The number of aromatic nitrogens is 1. The van der Waals surface area contributed by atoms with Crippen molar-refractivity contribution in [3.63, 3.8) is 0 Å². The predicted octanol–water partition coefficient (Wildman–Crippen LogP) is 7.51. The normalized spacial score (nSPS) is 12.2. The molecule has 0 saturated carbocycles. The Hall–Kier alpha value is -2.98. The summed E-state index contributed by atoms with van der Waals surface area (Å²) < 4.78 is 7.33. The summed E-state index contributed by atoms with van der Waals surface area (Å²) in [5, 5.41) is 2.68. The SMILES string of the molecule is CCC(CCC=C=Cn1cc(N(N)C(=O)OC(C)(C)C)c2ccccc21)c1ccc(Cl)cc1. The number of anilines is 1. The number of hydrogen-bond acceptors (Lipinski definition) is 3. The third kappa shape index (κ3) is 6.52. The van der Waals surface area contributed by atoms with E-state index in [4.69, 9.17) is 22.2 Å². The topological polar surface area (TPSA) is 60.5 Å². The number of amides is 1. The van der Waals surface area contributed by atoms with Crippen LogP contribution < -0.4 is 10.9 Å². The fourth-order valence-corrected chi connectivity index (χ4v) is 3.86. The van der Waals surface area contributed by atoms with Crippen LogP contribution in [-0.2, 0) is 4.74 Å². The quantitative estimate of drug-likeness (QED) is 0.170. The molecule has 1 atom stereocenters. The molecular formula is C27H32ClN3O2. The van der Waals surface area contributed by atoms with Gasteiger partial charge in [0, 0.05) is 16.6 Å². The Kier molecular flexibility index (Phi) is 8.04. The first-order chi connectivity index (χ1) is 15.7. The Morgan fingerprint density at radius 3 is 2.58 bits per heavy atom. The smallest absolute Gasteiger partial charge is 0.429 e. The van der Waals surface area contributed by atoms with Crippen LogP contribution in [0.25, 0.3) is 17.1 Å². The molecule has 3 aromatic rings. The van der Waals surface area contributed by atoms with Crippen LogP contribution in [0.5, 0.6) is 0 Å². The molecule has 1 aromatic heterocycles. The Morgan fingerprint density at radius 1 is 1.21 bits per heavy atom. The second-order valence-electron chi connectivity index (χ2n) is 9.02. The molecule has 0 fully saturated rings. The Labute approximate surface area is 201 Å². The zero-order valence-electron chi connectivity index (χ0n) is 19.7. The Morgan fingerprint density at radius 2 is 1.91 bits per heavy atom. The predicted molar refractivity (Wildman–Crippen MR) is 137 cm³/mol. The van der Waals surface area contributed by atoms with Crippen LogP contribution in [0.1, 0.15) is 58.4 Å². The lowest BCUT2D eigenvalue weighted by Crippen LogP contribution is -2.41. The van der Waals surface area contributed by atoms with Gasteiger partial charge < -0.3 is 9.30 Å². The highest BCUT2D eigenvalue weighted by atomic mass is 35.5. The van der Waals surface area contributed by atoms with Gasteiger partial charge in [0.1, 0.15) is 5.60 Å². The molecule has 0 aliphatic carbocycles. The van der Waals surface area contributed by atoms with Crippen molar-refractivity contribution in [2.24, 2.45) is 5.84 Å². The van der Waals surface area contributed by atoms with Crippen LogP contribution in [0.3, 0.4) is 0 Å². The van der Waals surface area contributed by atoms with Gasteiger partial charge in [-0.15, -0.1) is 5.73 Å². The number of fused-ring (bicyclic) bond motifs is 1. The van der Waals surface area contributed by atoms with Crippen LogP contribution in [0.2, 0.25) is 5.02 Å². The summed E-state index contributed by atoms with van der Waals surface area (Å²) in [4.78, 5) is 12.5. The number of hydrazine groups is 1. The molecule has 0 spiro atoms. The lowest BCUT2D eigenvalue weighted by Gasteiger charge is -2.23. The minimum atomic E-state index is -0.627. The van der Waals surface area contributed by atoms with Crippen molar-refractivity contribution >= 4 is 40.5 Å². The number of halogens is 1. The summed E-state index contributed by atoms with van der Waals surface area (Å²) in [6, 6.07) is 15.9. The van der Waals surface area contributed by atoms with Gasteiger partial charge in [-0.25, -0.2) is 15.6 Å². The second kappa shape index (κ2) is 10.8. The van der Waals surface area contributed by atoms with E-state index in [1.54, 1.807) is 0 Å². The maximum atomic E-state index is 12.5. The zero-order valence-corrected chi connectivity index (χ0v) is 20.5. The average Bonchev–Trinajstić information content (AvgIpc) is 3.14. The first-order valence-corrected chi connectivity index (χ1v) is 11.6. The fourth-order valence-electron chi connectivity index (χ4n) is 3.74. The van der Waals surface area contributed by atoms with Crippen LogP contribution in [-0.4, -0.2) is 16.3 Å². The van der Waals surface area contributed by atoms with Gasteiger partial charge >= 0.3 is 6.09 Å². The molecule has 0 aliphatic rings. The van der Waals surface area contributed by atoms with E-state index in [0.29, 0.717) is 11.6 Å². The van der Waals surface area contributed by atoms with E-state index in [9.17, 15) is 4.79 Å². The third-order valence-corrected chi connectivity index (χ3v) is 5.65. The standard InChI is InChI=1S/C27H32ClN3O2/c1-5-20(21-14-16-22(28)17-15-21)11-7-6-10-18-30-19-25(23-12-8-9-13-24(23)30)31(29)26(32)33-27(2,3)4/h6,8-9,12-20H,5,7,11,29H2,1-4H3. The van der Waals surface area contributed by atoms with Crippen LogP contribution in [0, 0.1) is 0 Å². The molecule has 5 nitrogen and oxygen atoms in total. The number of ether oxygens (including phenoxy) is 1. The number of carbonyl (C=O) groups excluding carboxylic acids is 1. The molecule has 1 amide bonds. The summed E-state index contributed by atoms with van der Waals surface area (Å²) >= 11 is 6.01. The van der Waals surface area contributed by atoms with E-state index in [2.05, 4.69) is 24.8 Å². The van der Waals surface area contributed by atoms with Gasteiger partial charge in [-0.05, 0) is 75.8 Å². The number of nitrogens with zero attached hydrogens (tertiary/aromatic N) is 2. The molecule has 1 heterocycles. The molecule has 2 aromatic carbocycles. The minimum absolute atomic E-state index is 0.485. The number of nitrogens with two attached hydrogens (primary N) is 1. The van der Waals surface area contributed by atoms with E-state index >= 15 is 0 Å². The first-order valence-electron chi connectivity index (χ1n) is 11.2. The lowest BCUT2D eigenvalue weighted by atomic mass is 9.92. The van der Waals surface area contributed by atoms with E-state index in [-0.39, 0.29) is 0 Å². The highest BCUT2D eigenvalue weighted by molar-refractivity contribution is 6.30. The molecule has 0 aliphatic heterocycles. The van der Waals surface area contributed by atoms with Crippen molar-refractivity contribution in [3.8, 4) is 0 Å². The molecule has 174 valence electrons. The molecule has 1 unspecified atom stereocenters. The molecule has 0 radical (unpaired) electrons. The number of rotatable bonds is 7. The largest absolute Gasteiger partial charge is 0.442 e. The number of hydrogen-bond donors (Lipinski definition) is 1. The first kappa shape index (κ1) is 24.7. The number of benzene rings is 2. The molecule has 3 rings (SSSR count). The summed E-state index contributed by atoms with van der Waals surface area (Å²) in [6.07, 6.45) is 8.13. The summed E-state index contributed by atoms with van der Waals surface area (Å²) in [5.41, 5.74) is 5.46. The van der Waals surface area contributed by atoms with E-state index in [0.717, 1.165) is 40.2 Å². The van der Waals surface area contributed by atoms with E-state index in [1.807, 2.05) is 80.2 Å². The second-order valence-corrected chi connectivity index (χ2v) is 9.46. The van der Waals surface area contributed by atoms with Crippen molar-refractivity contribution in [1.82, 2.24) is 4.57 Å². The third-order valence-electron chi connectivity index (χ3n) is 5.39. The molecule has 0 bridgehead atoms. The number of para-hydroxylation sites is 1. The van der Waals surface area contributed by atoms with Crippen LogP contribution in [0.4, 0.5) is 10.5 Å². The zero-order chi connectivity index (χ0) is 24.0. The number of carbonyl (C=O) groups is 1. The minimum Gasteiger partial charge on any atom is -0.442 e. The maximum absolute atomic E-state index is 12.5. The molecule has 0 saturated heterocycles. The van der Waals surface area contributed by atoms with Crippen molar-refractivity contribution in [3.05, 3.63) is 77.1 Å². The van der Waals surface area contributed by atoms with Gasteiger partial charge in [0.2, 0.25) is 0 Å². The summed E-state index contributed by atoms with van der Waals surface area (Å²) in [6.45, 7) is 7.64. The van der Waals surface area contributed by atoms with Gasteiger partial charge in [-0.3, -0.25) is 0 Å². The van der Waals surface area contributed by atoms with Crippen molar-refractivity contribution in [1.29, 1.82) is 0 Å². The number of allylic oxidation sites excluding steroid dienone is 1. The molecule has 2 N–H and O–H groups in total. The monoisotopic (exact) mass is 465 g/mol. The van der Waals surface area contributed by atoms with Crippen LogP contribution in [0.15, 0.2) is 66.5 Å². The van der Waals surface area contributed by atoms with Crippen molar-refractivity contribution in [2.75, 3.05) is 5.01 Å². The lowest BCUT2D eigenvalue weighted by molar-refractivity contribution is 0.0580. The highest BCUT2D eigenvalue weighted by Gasteiger charge is 2.23. The molecular weight excluding hydrogens is 434 g/mol. The van der Waals surface area contributed by atoms with Gasteiger partial charge in [0.15, 0.2) is 0 Å². The average molecular weight is 466 g/mol. The summed E-state index contributed by atoms with van der Waals surface area (Å²) in [5.74, 6) is 6.59. The Bertz CT molecular complexity index is 1150. The maximum Gasteiger partial charge on any atom is 0.429 e. The van der Waals surface area contributed by atoms with Gasteiger partial charge in [0.25, 0.3) is 0 Å². The highest BCUT2D eigenvalue weighted by Crippen LogP contribution is 2.29. The van der Waals surface area contributed by atoms with E-state index < -0.39 is 11.7 Å². The van der Waals surface area contributed by atoms with Crippen LogP contribution >= 0.6 is 11.6 Å².